The first-order valence-electron chi connectivity index (χ1n) is 4.29. The number of rotatable bonds is 2. The Bertz CT molecular complexity index is 538. The maximum atomic E-state index is 8.78. The molecule has 16 heavy (non-hydrogen) atoms. The van der Waals surface area contributed by atoms with E-state index in [0.717, 1.165) is 5.03 Å². The molecule has 2 heterocycles. The predicted octanol–water partition coefficient (Wildman–Crippen LogP) is 2.55. The van der Waals surface area contributed by atoms with Crippen molar-refractivity contribution in [1.29, 1.82) is 5.26 Å². The second kappa shape index (κ2) is 4.92. The standard InChI is InChI=1S/C10H5ClN4S/c11-8-3-7(5-12)4-10(15-8)16-9-1-2-13-6-14-9/h1-4,6H. The van der Waals surface area contributed by atoms with Crippen molar-refractivity contribution in [3.63, 3.8) is 0 Å². The van der Waals surface area contributed by atoms with Gasteiger partial charge in [0.25, 0.3) is 0 Å². The van der Waals surface area contributed by atoms with Crippen LogP contribution in [0.1, 0.15) is 5.56 Å². The highest BCUT2D eigenvalue weighted by Crippen LogP contribution is 2.25. The molecule has 0 saturated heterocycles. The van der Waals surface area contributed by atoms with E-state index >= 15 is 0 Å². The first-order valence-corrected chi connectivity index (χ1v) is 5.49. The third-order valence-electron chi connectivity index (χ3n) is 1.66. The van der Waals surface area contributed by atoms with Crippen molar-refractivity contribution < 1.29 is 0 Å². The van der Waals surface area contributed by atoms with E-state index in [1.807, 2.05) is 6.07 Å². The van der Waals surface area contributed by atoms with Crippen LogP contribution >= 0.6 is 23.4 Å². The molecule has 0 radical (unpaired) electrons. The summed E-state index contributed by atoms with van der Waals surface area (Å²) in [4.78, 5) is 12.0. The van der Waals surface area contributed by atoms with Crippen LogP contribution < -0.4 is 0 Å². The van der Waals surface area contributed by atoms with E-state index in [-0.39, 0.29) is 0 Å². The molecule has 2 aromatic heterocycles. The number of nitrogens with zero attached hydrogens (tertiary/aromatic N) is 4. The molecule has 0 fully saturated rings. The van der Waals surface area contributed by atoms with E-state index in [2.05, 4.69) is 15.0 Å². The van der Waals surface area contributed by atoms with Crippen LogP contribution in [0.2, 0.25) is 5.15 Å². The van der Waals surface area contributed by atoms with Crippen LogP contribution in [0.4, 0.5) is 0 Å². The summed E-state index contributed by atoms with van der Waals surface area (Å²) in [5.74, 6) is 0. The molecule has 0 amide bonds. The largest absolute Gasteiger partial charge is 0.245 e. The van der Waals surface area contributed by atoms with E-state index in [0.29, 0.717) is 15.7 Å². The van der Waals surface area contributed by atoms with Gasteiger partial charge in [0.2, 0.25) is 0 Å². The van der Waals surface area contributed by atoms with Crippen LogP contribution in [-0.4, -0.2) is 15.0 Å². The van der Waals surface area contributed by atoms with Crippen molar-refractivity contribution >= 4 is 23.4 Å². The Morgan fingerprint density at radius 2 is 2.19 bits per heavy atom. The molecule has 4 nitrogen and oxygen atoms in total. The summed E-state index contributed by atoms with van der Waals surface area (Å²) >= 11 is 7.12. The lowest BCUT2D eigenvalue weighted by atomic mass is 10.3. The van der Waals surface area contributed by atoms with Crippen LogP contribution in [0, 0.1) is 11.3 Å². The Morgan fingerprint density at radius 3 is 2.88 bits per heavy atom. The minimum absolute atomic E-state index is 0.301. The number of pyridine rings is 1. The minimum atomic E-state index is 0.301. The second-order valence-electron chi connectivity index (χ2n) is 2.78. The molecule has 6 heteroatoms. The Morgan fingerprint density at radius 1 is 1.31 bits per heavy atom. The molecule has 0 spiro atoms. The van der Waals surface area contributed by atoms with Crippen molar-refractivity contribution in [2.24, 2.45) is 0 Å². The van der Waals surface area contributed by atoms with Gasteiger partial charge in [0, 0.05) is 6.20 Å². The topological polar surface area (TPSA) is 62.5 Å². The molecule has 0 aliphatic carbocycles. The van der Waals surface area contributed by atoms with Gasteiger partial charge in [0.1, 0.15) is 21.5 Å². The molecule has 0 unspecified atom stereocenters. The maximum absolute atomic E-state index is 8.78. The van der Waals surface area contributed by atoms with Crippen molar-refractivity contribution in [1.82, 2.24) is 15.0 Å². The third kappa shape index (κ3) is 2.69. The quantitative estimate of drug-likeness (QED) is 0.604. The molecule has 0 aliphatic rings. The first kappa shape index (κ1) is 10.9. The van der Waals surface area contributed by atoms with E-state index in [1.165, 1.54) is 24.2 Å². The smallest absolute Gasteiger partial charge is 0.131 e. The number of aromatic nitrogens is 3. The average Bonchev–Trinajstić information content (AvgIpc) is 2.29. The summed E-state index contributed by atoms with van der Waals surface area (Å²) in [6.45, 7) is 0. The van der Waals surface area contributed by atoms with Crippen molar-refractivity contribution in [2.45, 2.75) is 10.1 Å². The Balaban J connectivity index is 2.29. The van der Waals surface area contributed by atoms with Gasteiger partial charge < -0.3 is 0 Å². The van der Waals surface area contributed by atoms with Crippen LogP contribution in [0.3, 0.4) is 0 Å². The van der Waals surface area contributed by atoms with Gasteiger partial charge >= 0.3 is 0 Å². The van der Waals surface area contributed by atoms with E-state index < -0.39 is 0 Å². The first-order chi connectivity index (χ1) is 7.78. The third-order valence-corrected chi connectivity index (χ3v) is 2.73. The van der Waals surface area contributed by atoms with Crippen LogP contribution in [0.15, 0.2) is 40.8 Å². The molecule has 2 aromatic rings. The average molecular weight is 249 g/mol. The summed E-state index contributed by atoms with van der Waals surface area (Å²) < 4.78 is 0. The van der Waals surface area contributed by atoms with Crippen molar-refractivity contribution in [3.05, 3.63) is 41.4 Å². The van der Waals surface area contributed by atoms with Crippen LogP contribution in [-0.2, 0) is 0 Å². The highest BCUT2D eigenvalue weighted by Gasteiger charge is 2.03. The molecule has 0 saturated carbocycles. The van der Waals surface area contributed by atoms with Crippen molar-refractivity contribution in [2.75, 3.05) is 0 Å². The van der Waals surface area contributed by atoms with Crippen LogP contribution in [0.5, 0.6) is 0 Å². The number of hydrogen-bond acceptors (Lipinski definition) is 5. The summed E-state index contributed by atoms with van der Waals surface area (Å²) in [5, 5.41) is 10.5. The highest BCUT2D eigenvalue weighted by atomic mass is 35.5. The molecular weight excluding hydrogens is 244 g/mol. The zero-order valence-electron chi connectivity index (χ0n) is 7.96. The lowest BCUT2D eigenvalue weighted by molar-refractivity contribution is 1.04. The van der Waals surface area contributed by atoms with Gasteiger partial charge in [0.15, 0.2) is 0 Å². The number of halogens is 1. The van der Waals surface area contributed by atoms with Gasteiger partial charge in [0.05, 0.1) is 11.6 Å². The van der Waals surface area contributed by atoms with Gasteiger partial charge in [-0.05, 0) is 30.0 Å². The minimum Gasteiger partial charge on any atom is -0.245 e. The summed E-state index contributed by atoms with van der Waals surface area (Å²) in [6, 6.07) is 6.97. The normalized spacial score (nSPS) is 9.75. The fourth-order valence-electron chi connectivity index (χ4n) is 1.04. The zero-order chi connectivity index (χ0) is 11.4. The Kier molecular flexibility index (Phi) is 3.34. The molecule has 2 rings (SSSR count). The van der Waals surface area contributed by atoms with E-state index in [9.17, 15) is 0 Å². The summed E-state index contributed by atoms with van der Waals surface area (Å²) in [5.41, 5.74) is 0.483. The monoisotopic (exact) mass is 248 g/mol. The van der Waals surface area contributed by atoms with Gasteiger partial charge in [-0.15, -0.1) is 0 Å². The fourth-order valence-corrected chi connectivity index (χ4v) is 2.07. The van der Waals surface area contributed by atoms with Gasteiger partial charge in [-0.25, -0.2) is 15.0 Å². The molecule has 0 aliphatic heterocycles. The Hall–Kier alpha value is -1.64. The SMILES string of the molecule is N#Cc1cc(Cl)nc(Sc2ccncn2)c1. The maximum Gasteiger partial charge on any atom is 0.131 e. The predicted molar refractivity (Wildman–Crippen MR) is 60.1 cm³/mol. The van der Waals surface area contributed by atoms with E-state index in [4.69, 9.17) is 16.9 Å². The molecule has 0 atom stereocenters. The molecule has 0 bridgehead atoms. The summed E-state index contributed by atoms with van der Waals surface area (Å²) in [6.07, 6.45) is 3.10. The van der Waals surface area contributed by atoms with Gasteiger partial charge in [-0.1, -0.05) is 11.6 Å². The lowest BCUT2D eigenvalue weighted by Crippen LogP contribution is -1.86. The Labute approximate surface area is 101 Å². The van der Waals surface area contributed by atoms with Gasteiger partial charge in [-0.3, -0.25) is 0 Å². The second-order valence-corrected chi connectivity index (χ2v) is 4.21. The molecular formula is C10H5ClN4S. The lowest BCUT2D eigenvalue weighted by Gasteiger charge is -2.00. The molecule has 0 N–H and O–H groups in total. The van der Waals surface area contributed by atoms with Crippen LogP contribution in [0.25, 0.3) is 0 Å². The zero-order valence-corrected chi connectivity index (χ0v) is 9.53. The molecule has 78 valence electrons. The summed E-state index contributed by atoms with van der Waals surface area (Å²) in [7, 11) is 0. The van der Waals surface area contributed by atoms with E-state index in [1.54, 1.807) is 18.3 Å². The van der Waals surface area contributed by atoms with Gasteiger partial charge in [-0.2, -0.15) is 5.26 Å². The molecule has 0 aromatic carbocycles. The fraction of sp³-hybridized carbons (Fsp3) is 0. The van der Waals surface area contributed by atoms with Crippen molar-refractivity contribution in [3.8, 4) is 6.07 Å². The number of nitriles is 1. The number of hydrogen-bond donors (Lipinski definition) is 0. The highest BCUT2D eigenvalue weighted by molar-refractivity contribution is 7.99.